The average Bonchev–Trinajstić information content (AvgIpc) is 2.67. The van der Waals surface area contributed by atoms with Crippen LogP contribution in [0.4, 0.5) is 0 Å². The van der Waals surface area contributed by atoms with E-state index in [4.69, 9.17) is 4.74 Å². The van der Waals surface area contributed by atoms with Gasteiger partial charge >= 0.3 is 0 Å². The van der Waals surface area contributed by atoms with E-state index < -0.39 is 0 Å². The summed E-state index contributed by atoms with van der Waals surface area (Å²) >= 11 is 0. The van der Waals surface area contributed by atoms with Gasteiger partial charge in [-0.1, -0.05) is 6.07 Å². The lowest BCUT2D eigenvalue weighted by atomic mass is 10.00. The molecule has 1 aliphatic rings. The van der Waals surface area contributed by atoms with Crippen LogP contribution < -0.4 is 4.74 Å². The van der Waals surface area contributed by atoms with Crippen molar-refractivity contribution in [3.05, 3.63) is 59.4 Å². The molecule has 0 saturated carbocycles. The molecule has 3 rings (SSSR count). The van der Waals surface area contributed by atoms with Crippen LogP contribution in [-0.4, -0.2) is 17.2 Å². The molecule has 1 heterocycles. The summed E-state index contributed by atoms with van der Waals surface area (Å²) in [5, 5.41) is 10.6. The van der Waals surface area contributed by atoms with Gasteiger partial charge in [-0.15, -0.1) is 0 Å². The van der Waals surface area contributed by atoms with E-state index in [0.717, 1.165) is 47.3 Å². The lowest BCUT2D eigenvalue weighted by Gasteiger charge is -2.10. The topological polar surface area (TPSA) is 42.4 Å². The maximum absolute atomic E-state index is 10.6. The Bertz CT molecular complexity index is 647. The summed E-state index contributed by atoms with van der Waals surface area (Å²) in [4.78, 5) is 4.14. The molecule has 0 atom stereocenters. The van der Waals surface area contributed by atoms with Gasteiger partial charge in [-0.25, -0.2) is 0 Å². The Morgan fingerprint density at radius 1 is 1.20 bits per heavy atom. The van der Waals surface area contributed by atoms with Crippen molar-refractivity contribution in [3.8, 4) is 5.75 Å². The van der Waals surface area contributed by atoms with E-state index in [1.165, 1.54) is 0 Å². The summed E-state index contributed by atoms with van der Waals surface area (Å²) in [7, 11) is 1.66. The molecular formula is C17H17NO2. The van der Waals surface area contributed by atoms with E-state index in [-0.39, 0.29) is 0 Å². The van der Waals surface area contributed by atoms with Crippen LogP contribution in [0.1, 0.15) is 29.5 Å². The maximum Gasteiger partial charge on any atom is 0.126 e. The van der Waals surface area contributed by atoms with Crippen LogP contribution in [0.3, 0.4) is 0 Å². The summed E-state index contributed by atoms with van der Waals surface area (Å²) in [6.45, 7) is 0. The fourth-order valence-electron chi connectivity index (χ4n) is 2.69. The highest BCUT2D eigenvalue weighted by Gasteiger charge is 2.18. The lowest BCUT2D eigenvalue weighted by Crippen LogP contribution is -1.94. The molecule has 0 fully saturated rings. The Morgan fingerprint density at radius 3 is 2.85 bits per heavy atom. The van der Waals surface area contributed by atoms with Gasteiger partial charge in [0.15, 0.2) is 0 Å². The fraction of sp³-hybridized carbons (Fsp3) is 0.235. The van der Waals surface area contributed by atoms with Gasteiger partial charge in [-0.3, -0.25) is 4.98 Å². The number of hydrogen-bond donors (Lipinski definition) is 1. The van der Waals surface area contributed by atoms with Gasteiger partial charge in [0.05, 0.1) is 7.11 Å². The van der Waals surface area contributed by atoms with Crippen molar-refractivity contribution in [3.63, 3.8) is 0 Å². The van der Waals surface area contributed by atoms with E-state index >= 15 is 0 Å². The van der Waals surface area contributed by atoms with Crippen molar-refractivity contribution < 1.29 is 9.84 Å². The van der Waals surface area contributed by atoms with Gasteiger partial charge in [0.2, 0.25) is 0 Å². The summed E-state index contributed by atoms with van der Waals surface area (Å²) < 4.78 is 5.26. The Morgan fingerprint density at radius 2 is 2.10 bits per heavy atom. The monoisotopic (exact) mass is 267 g/mol. The highest BCUT2D eigenvalue weighted by molar-refractivity contribution is 5.88. The largest absolute Gasteiger partial charge is 0.507 e. The molecule has 1 aliphatic carbocycles. The lowest BCUT2D eigenvalue weighted by molar-refractivity contribution is 0.414. The Kier molecular flexibility index (Phi) is 3.42. The molecule has 0 saturated heterocycles. The number of allylic oxidation sites excluding steroid dienone is 1. The van der Waals surface area contributed by atoms with Gasteiger partial charge in [0, 0.05) is 23.5 Å². The SMILES string of the molecule is COc1ccc2c(c1)CCCC(c1cccnc1)=C2O. The van der Waals surface area contributed by atoms with Crippen LogP contribution >= 0.6 is 0 Å². The molecule has 2 aromatic rings. The van der Waals surface area contributed by atoms with Crippen LogP contribution in [0.15, 0.2) is 42.7 Å². The predicted molar refractivity (Wildman–Crippen MR) is 79.6 cm³/mol. The van der Waals surface area contributed by atoms with Crippen molar-refractivity contribution in [2.24, 2.45) is 0 Å². The molecule has 102 valence electrons. The van der Waals surface area contributed by atoms with Crippen LogP contribution in [-0.2, 0) is 6.42 Å². The highest BCUT2D eigenvalue weighted by Crippen LogP contribution is 2.35. The first-order chi connectivity index (χ1) is 9.79. The van der Waals surface area contributed by atoms with Crippen LogP contribution in [0, 0.1) is 0 Å². The Balaban J connectivity index is 2.11. The van der Waals surface area contributed by atoms with Crippen molar-refractivity contribution in [1.82, 2.24) is 4.98 Å². The van der Waals surface area contributed by atoms with E-state index in [1.54, 1.807) is 19.5 Å². The molecule has 0 bridgehead atoms. The van der Waals surface area contributed by atoms with Gasteiger partial charge in [-0.2, -0.15) is 0 Å². The van der Waals surface area contributed by atoms with Crippen molar-refractivity contribution in [2.75, 3.05) is 7.11 Å². The fourth-order valence-corrected chi connectivity index (χ4v) is 2.69. The third-order valence-corrected chi connectivity index (χ3v) is 3.74. The number of methoxy groups -OCH3 is 1. The number of hydrogen-bond acceptors (Lipinski definition) is 3. The number of aliphatic hydroxyl groups is 1. The zero-order chi connectivity index (χ0) is 13.9. The normalized spacial score (nSPS) is 14.7. The summed E-state index contributed by atoms with van der Waals surface area (Å²) in [5.41, 5.74) is 4.01. The number of rotatable bonds is 2. The van der Waals surface area contributed by atoms with E-state index in [9.17, 15) is 5.11 Å². The molecule has 20 heavy (non-hydrogen) atoms. The van der Waals surface area contributed by atoms with Gasteiger partial charge in [-0.05, 0) is 54.7 Å². The first-order valence-electron chi connectivity index (χ1n) is 6.79. The third-order valence-electron chi connectivity index (χ3n) is 3.74. The molecular weight excluding hydrogens is 250 g/mol. The second-order valence-electron chi connectivity index (χ2n) is 4.95. The standard InChI is InChI=1S/C17H17NO2/c1-20-14-7-8-16-12(10-14)4-2-6-15(17(16)19)13-5-3-9-18-11-13/h3,5,7-11,19H,2,4,6H2,1H3. The molecule has 3 nitrogen and oxygen atoms in total. The van der Waals surface area contributed by atoms with E-state index in [2.05, 4.69) is 4.98 Å². The minimum absolute atomic E-state index is 0.369. The molecule has 0 radical (unpaired) electrons. The number of aromatic nitrogens is 1. The number of benzene rings is 1. The van der Waals surface area contributed by atoms with Crippen LogP contribution in [0.2, 0.25) is 0 Å². The number of fused-ring (bicyclic) bond motifs is 1. The third kappa shape index (κ3) is 2.27. The highest BCUT2D eigenvalue weighted by atomic mass is 16.5. The van der Waals surface area contributed by atoms with E-state index in [0.29, 0.717) is 5.76 Å². The van der Waals surface area contributed by atoms with Gasteiger partial charge < -0.3 is 9.84 Å². The first-order valence-corrected chi connectivity index (χ1v) is 6.79. The second kappa shape index (κ2) is 5.37. The summed E-state index contributed by atoms with van der Waals surface area (Å²) in [6.07, 6.45) is 6.36. The second-order valence-corrected chi connectivity index (χ2v) is 4.95. The molecule has 1 aromatic heterocycles. The minimum atomic E-state index is 0.369. The van der Waals surface area contributed by atoms with E-state index in [1.807, 2.05) is 30.3 Å². The van der Waals surface area contributed by atoms with Crippen LogP contribution in [0.25, 0.3) is 11.3 Å². The number of pyridine rings is 1. The number of aliphatic hydroxyl groups excluding tert-OH is 1. The van der Waals surface area contributed by atoms with Crippen molar-refractivity contribution >= 4 is 11.3 Å². The number of ether oxygens (including phenoxy) is 1. The summed E-state index contributed by atoms with van der Waals surface area (Å²) in [5.74, 6) is 1.20. The number of nitrogens with zero attached hydrogens (tertiary/aromatic N) is 1. The zero-order valence-corrected chi connectivity index (χ0v) is 11.5. The number of aryl methyl sites for hydroxylation is 1. The molecule has 0 spiro atoms. The van der Waals surface area contributed by atoms with Crippen LogP contribution in [0.5, 0.6) is 5.75 Å². The molecule has 3 heteroatoms. The van der Waals surface area contributed by atoms with Gasteiger partial charge in [0.25, 0.3) is 0 Å². The van der Waals surface area contributed by atoms with Gasteiger partial charge in [0.1, 0.15) is 11.5 Å². The minimum Gasteiger partial charge on any atom is -0.507 e. The Labute approximate surface area is 118 Å². The Hall–Kier alpha value is -2.29. The zero-order valence-electron chi connectivity index (χ0n) is 11.5. The molecule has 0 unspecified atom stereocenters. The average molecular weight is 267 g/mol. The smallest absolute Gasteiger partial charge is 0.126 e. The van der Waals surface area contributed by atoms with Crippen molar-refractivity contribution in [1.29, 1.82) is 0 Å². The maximum atomic E-state index is 10.6. The first kappa shape index (κ1) is 12.7. The molecule has 0 aliphatic heterocycles. The van der Waals surface area contributed by atoms with Crippen molar-refractivity contribution in [2.45, 2.75) is 19.3 Å². The molecule has 1 aromatic carbocycles. The quantitative estimate of drug-likeness (QED) is 0.898. The summed E-state index contributed by atoms with van der Waals surface area (Å²) in [6, 6.07) is 9.73. The molecule has 1 N–H and O–H groups in total. The predicted octanol–water partition coefficient (Wildman–Crippen LogP) is 3.85. The molecule has 0 amide bonds.